The first-order chi connectivity index (χ1) is 13.1. The first-order valence-electron chi connectivity index (χ1n) is 8.45. The van der Waals surface area contributed by atoms with Crippen LogP contribution < -0.4 is 5.32 Å². The minimum absolute atomic E-state index is 0.171. The predicted octanol–water partition coefficient (Wildman–Crippen LogP) is 1.74. The summed E-state index contributed by atoms with van der Waals surface area (Å²) in [5.74, 6) is -0.731. The normalized spacial score (nSPS) is 11.6. The van der Waals surface area contributed by atoms with Crippen molar-refractivity contribution in [3.8, 4) is 5.69 Å². The Morgan fingerprint density at radius 2 is 1.85 bits per heavy atom. The van der Waals surface area contributed by atoms with Crippen LogP contribution in [-0.4, -0.2) is 45.2 Å². The van der Waals surface area contributed by atoms with Gasteiger partial charge in [-0.05, 0) is 46.2 Å². The Morgan fingerprint density at radius 1 is 1.11 bits per heavy atom. The van der Waals surface area contributed by atoms with E-state index in [0.717, 1.165) is 5.56 Å². The standard InChI is InChI=1S/C19H19N5O3/c1-14(15-5-3-2-4-6-15)11-20-18(25)12-27-19(26)16-7-9-17(10-8-16)24-13-21-22-23-24/h2-10,13-14H,11-12H2,1H3,(H,20,25)/t14-/m0/s1. The molecular formula is C19H19N5O3. The Hall–Kier alpha value is -3.55. The fourth-order valence-electron chi connectivity index (χ4n) is 2.46. The highest BCUT2D eigenvalue weighted by atomic mass is 16.5. The van der Waals surface area contributed by atoms with Gasteiger partial charge in [0.2, 0.25) is 0 Å². The van der Waals surface area contributed by atoms with Gasteiger partial charge in [0.05, 0.1) is 11.3 Å². The third kappa shape index (κ3) is 4.97. The van der Waals surface area contributed by atoms with E-state index >= 15 is 0 Å². The van der Waals surface area contributed by atoms with Gasteiger partial charge < -0.3 is 10.1 Å². The molecule has 8 heteroatoms. The molecule has 0 unspecified atom stereocenters. The number of ether oxygens (including phenoxy) is 1. The van der Waals surface area contributed by atoms with E-state index in [4.69, 9.17) is 4.74 Å². The molecule has 138 valence electrons. The fourth-order valence-corrected chi connectivity index (χ4v) is 2.46. The maximum absolute atomic E-state index is 12.1. The van der Waals surface area contributed by atoms with Gasteiger partial charge in [0, 0.05) is 6.54 Å². The van der Waals surface area contributed by atoms with Gasteiger partial charge >= 0.3 is 5.97 Å². The third-order valence-corrected chi connectivity index (χ3v) is 4.02. The number of rotatable bonds is 7. The van der Waals surface area contributed by atoms with Gasteiger partial charge in [0.1, 0.15) is 6.33 Å². The van der Waals surface area contributed by atoms with Crippen LogP contribution in [0.1, 0.15) is 28.8 Å². The van der Waals surface area contributed by atoms with E-state index in [1.807, 2.05) is 37.3 Å². The molecule has 0 saturated carbocycles. The number of nitrogens with one attached hydrogen (secondary N) is 1. The fraction of sp³-hybridized carbons (Fsp3) is 0.211. The predicted molar refractivity (Wildman–Crippen MR) is 97.3 cm³/mol. The molecule has 2 aromatic carbocycles. The molecular weight excluding hydrogens is 346 g/mol. The van der Waals surface area contributed by atoms with Crippen molar-refractivity contribution in [2.45, 2.75) is 12.8 Å². The molecule has 0 spiro atoms. The molecule has 1 N–H and O–H groups in total. The maximum Gasteiger partial charge on any atom is 0.338 e. The average Bonchev–Trinajstić information content (AvgIpc) is 3.26. The monoisotopic (exact) mass is 365 g/mol. The minimum Gasteiger partial charge on any atom is -0.452 e. The number of carbonyl (C=O) groups is 2. The maximum atomic E-state index is 12.1. The Kier molecular flexibility index (Phi) is 5.88. The molecule has 1 aromatic heterocycles. The topological polar surface area (TPSA) is 99.0 Å². The summed E-state index contributed by atoms with van der Waals surface area (Å²) in [5.41, 5.74) is 2.19. The highest BCUT2D eigenvalue weighted by Gasteiger charge is 2.12. The SMILES string of the molecule is C[C@@H](CNC(=O)COC(=O)c1ccc(-n2cnnn2)cc1)c1ccccc1. The highest BCUT2D eigenvalue weighted by molar-refractivity contribution is 5.91. The van der Waals surface area contributed by atoms with Crippen LogP contribution in [0.15, 0.2) is 60.9 Å². The lowest BCUT2D eigenvalue weighted by atomic mass is 10.0. The second-order valence-corrected chi connectivity index (χ2v) is 5.99. The summed E-state index contributed by atoms with van der Waals surface area (Å²) in [6, 6.07) is 16.4. The summed E-state index contributed by atoms with van der Waals surface area (Å²) in [7, 11) is 0. The molecule has 0 aliphatic carbocycles. The zero-order valence-electron chi connectivity index (χ0n) is 14.8. The molecule has 0 aliphatic heterocycles. The van der Waals surface area contributed by atoms with E-state index in [-0.39, 0.29) is 18.4 Å². The molecule has 3 rings (SSSR count). The Labute approximate surface area is 156 Å². The van der Waals surface area contributed by atoms with Crippen molar-refractivity contribution in [3.63, 3.8) is 0 Å². The van der Waals surface area contributed by atoms with Crippen LogP contribution in [0.3, 0.4) is 0 Å². The van der Waals surface area contributed by atoms with Crippen molar-refractivity contribution < 1.29 is 14.3 Å². The van der Waals surface area contributed by atoms with Crippen molar-refractivity contribution >= 4 is 11.9 Å². The zero-order valence-corrected chi connectivity index (χ0v) is 14.8. The van der Waals surface area contributed by atoms with Crippen LogP contribution in [0, 0.1) is 0 Å². The molecule has 0 fully saturated rings. The van der Waals surface area contributed by atoms with E-state index in [1.165, 1.54) is 11.0 Å². The molecule has 0 bridgehead atoms. The van der Waals surface area contributed by atoms with Gasteiger partial charge in [-0.3, -0.25) is 4.79 Å². The van der Waals surface area contributed by atoms with Crippen LogP contribution in [0.4, 0.5) is 0 Å². The van der Waals surface area contributed by atoms with E-state index < -0.39 is 5.97 Å². The van der Waals surface area contributed by atoms with Crippen LogP contribution >= 0.6 is 0 Å². The van der Waals surface area contributed by atoms with Crippen molar-refractivity contribution in [3.05, 3.63) is 72.1 Å². The average molecular weight is 365 g/mol. The summed E-state index contributed by atoms with van der Waals surface area (Å²) >= 11 is 0. The van der Waals surface area contributed by atoms with Crippen LogP contribution in [-0.2, 0) is 9.53 Å². The lowest BCUT2D eigenvalue weighted by molar-refractivity contribution is -0.124. The second-order valence-electron chi connectivity index (χ2n) is 5.99. The van der Waals surface area contributed by atoms with Gasteiger partial charge in [0.25, 0.3) is 5.91 Å². The molecule has 0 saturated heterocycles. The van der Waals surface area contributed by atoms with Crippen LogP contribution in [0.2, 0.25) is 0 Å². The molecule has 0 aliphatic rings. The summed E-state index contributed by atoms with van der Waals surface area (Å²) in [6.07, 6.45) is 1.45. The lowest BCUT2D eigenvalue weighted by Gasteiger charge is -2.13. The van der Waals surface area contributed by atoms with Crippen molar-refractivity contribution in [1.29, 1.82) is 0 Å². The number of aromatic nitrogens is 4. The van der Waals surface area contributed by atoms with Crippen molar-refractivity contribution in [2.24, 2.45) is 0 Å². The number of nitrogens with zero attached hydrogens (tertiary/aromatic N) is 4. The molecule has 3 aromatic rings. The van der Waals surface area contributed by atoms with Crippen LogP contribution in [0.5, 0.6) is 0 Å². The quantitative estimate of drug-likeness (QED) is 0.640. The largest absolute Gasteiger partial charge is 0.452 e. The molecule has 0 radical (unpaired) electrons. The first kappa shape index (κ1) is 18.2. The smallest absolute Gasteiger partial charge is 0.338 e. The van der Waals surface area contributed by atoms with Crippen LogP contribution in [0.25, 0.3) is 5.69 Å². The van der Waals surface area contributed by atoms with Gasteiger partial charge in [-0.1, -0.05) is 37.3 Å². The van der Waals surface area contributed by atoms with E-state index in [0.29, 0.717) is 17.8 Å². The van der Waals surface area contributed by atoms with Gasteiger partial charge in [-0.15, -0.1) is 5.10 Å². The van der Waals surface area contributed by atoms with Crippen molar-refractivity contribution in [2.75, 3.05) is 13.2 Å². The van der Waals surface area contributed by atoms with Crippen molar-refractivity contribution in [1.82, 2.24) is 25.5 Å². The van der Waals surface area contributed by atoms with Gasteiger partial charge in [-0.25, -0.2) is 9.48 Å². The Morgan fingerprint density at radius 3 is 2.52 bits per heavy atom. The van der Waals surface area contributed by atoms with Gasteiger partial charge in [-0.2, -0.15) is 0 Å². The summed E-state index contributed by atoms with van der Waals surface area (Å²) in [4.78, 5) is 24.0. The third-order valence-electron chi connectivity index (χ3n) is 4.02. The summed E-state index contributed by atoms with van der Waals surface area (Å²) in [6.45, 7) is 2.17. The number of carbonyl (C=O) groups excluding carboxylic acids is 2. The number of amides is 1. The van der Waals surface area contributed by atoms with Gasteiger partial charge in [0.15, 0.2) is 6.61 Å². The number of hydrogen-bond acceptors (Lipinski definition) is 6. The molecule has 1 heterocycles. The molecule has 27 heavy (non-hydrogen) atoms. The lowest BCUT2D eigenvalue weighted by Crippen LogP contribution is -2.31. The van der Waals surface area contributed by atoms with E-state index in [2.05, 4.69) is 20.8 Å². The number of benzene rings is 2. The Bertz CT molecular complexity index is 879. The Balaban J connectivity index is 1.45. The zero-order chi connectivity index (χ0) is 19.1. The summed E-state index contributed by atoms with van der Waals surface area (Å²) < 4.78 is 6.53. The second kappa shape index (κ2) is 8.70. The first-order valence-corrected chi connectivity index (χ1v) is 8.45. The number of hydrogen-bond donors (Lipinski definition) is 1. The van der Waals surface area contributed by atoms with E-state index in [1.54, 1.807) is 24.3 Å². The van der Waals surface area contributed by atoms with E-state index in [9.17, 15) is 9.59 Å². The molecule has 1 atom stereocenters. The number of esters is 1. The highest BCUT2D eigenvalue weighted by Crippen LogP contribution is 2.13. The minimum atomic E-state index is -0.565. The summed E-state index contributed by atoms with van der Waals surface area (Å²) in [5, 5.41) is 13.6. The molecule has 8 nitrogen and oxygen atoms in total. The number of tetrazole rings is 1. The molecule has 1 amide bonds.